The lowest BCUT2D eigenvalue weighted by Gasteiger charge is -2.08. The van der Waals surface area contributed by atoms with Gasteiger partial charge in [-0.15, -0.1) is 0 Å². The van der Waals surface area contributed by atoms with E-state index in [0.29, 0.717) is 13.1 Å². The normalized spacial score (nSPS) is 14.6. The van der Waals surface area contributed by atoms with E-state index in [1.807, 2.05) is 6.92 Å². The van der Waals surface area contributed by atoms with Gasteiger partial charge in [0.25, 0.3) is 0 Å². The minimum atomic E-state index is 0.178. The average molecular weight is 220 g/mol. The van der Waals surface area contributed by atoms with Gasteiger partial charge < -0.3 is 10.6 Å². The van der Waals surface area contributed by atoms with E-state index in [1.165, 1.54) is 0 Å². The first-order valence-electron chi connectivity index (χ1n) is 5.56. The summed E-state index contributed by atoms with van der Waals surface area (Å²) in [7, 11) is 0. The quantitative estimate of drug-likeness (QED) is 0.718. The molecule has 0 atom stereocenters. The van der Waals surface area contributed by atoms with E-state index in [4.69, 9.17) is 0 Å². The Kier molecular flexibility index (Phi) is 3.34. The van der Waals surface area contributed by atoms with Crippen molar-refractivity contribution in [1.29, 1.82) is 0 Å². The summed E-state index contributed by atoms with van der Waals surface area (Å²) in [5.74, 6) is 1.24. The average Bonchev–Trinajstić information content (AvgIpc) is 3.10. The van der Waals surface area contributed by atoms with Crippen LogP contribution in [0.4, 0.5) is 5.82 Å². The highest BCUT2D eigenvalue weighted by Gasteiger charge is 2.28. The molecule has 0 aromatic carbocycles. The summed E-state index contributed by atoms with van der Waals surface area (Å²) in [5.41, 5.74) is 0.871. The lowest BCUT2D eigenvalue weighted by molar-refractivity contribution is -0.122. The van der Waals surface area contributed by atoms with E-state index < -0.39 is 0 Å². The number of carbonyl (C=O) groups is 1. The van der Waals surface area contributed by atoms with Crippen LogP contribution in [-0.4, -0.2) is 29.0 Å². The highest BCUT2D eigenvalue weighted by atomic mass is 16.2. The number of aromatic nitrogens is 2. The third-order valence-corrected chi connectivity index (χ3v) is 2.55. The maximum atomic E-state index is 11.3. The van der Waals surface area contributed by atoms with Crippen LogP contribution >= 0.6 is 0 Å². The zero-order valence-corrected chi connectivity index (χ0v) is 9.36. The van der Waals surface area contributed by atoms with E-state index >= 15 is 0 Å². The predicted molar refractivity (Wildman–Crippen MR) is 61.0 cm³/mol. The fourth-order valence-corrected chi connectivity index (χ4v) is 1.44. The molecule has 5 heteroatoms. The van der Waals surface area contributed by atoms with Gasteiger partial charge in [0.2, 0.25) is 5.91 Å². The van der Waals surface area contributed by atoms with E-state index in [-0.39, 0.29) is 11.8 Å². The number of amides is 1. The van der Waals surface area contributed by atoms with Gasteiger partial charge in [0.1, 0.15) is 5.82 Å². The SMILES string of the molecule is Cc1nccnc1NCCNC(=O)C1CC1. The summed E-state index contributed by atoms with van der Waals surface area (Å²) in [5, 5.41) is 6.02. The Morgan fingerprint density at radius 3 is 2.81 bits per heavy atom. The molecule has 1 aliphatic carbocycles. The lowest BCUT2D eigenvalue weighted by atomic mass is 10.4. The van der Waals surface area contributed by atoms with Gasteiger partial charge in [0.05, 0.1) is 5.69 Å². The fourth-order valence-electron chi connectivity index (χ4n) is 1.44. The molecule has 5 nitrogen and oxygen atoms in total. The monoisotopic (exact) mass is 220 g/mol. The third kappa shape index (κ3) is 2.92. The Balaban J connectivity index is 1.67. The topological polar surface area (TPSA) is 66.9 Å². The molecule has 86 valence electrons. The minimum Gasteiger partial charge on any atom is -0.367 e. The number of nitrogens with zero attached hydrogens (tertiary/aromatic N) is 2. The second-order valence-electron chi connectivity index (χ2n) is 3.98. The van der Waals surface area contributed by atoms with Gasteiger partial charge in [-0.05, 0) is 19.8 Å². The molecule has 1 saturated carbocycles. The van der Waals surface area contributed by atoms with Crippen molar-refractivity contribution < 1.29 is 4.79 Å². The molecule has 1 heterocycles. The maximum Gasteiger partial charge on any atom is 0.223 e. The van der Waals surface area contributed by atoms with Gasteiger partial charge in [-0.3, -0.25) is 9.78 Å². The summed E-state index contributed by atoms with van der Waals surface area (Å²) in [6.07, 6.45) is 5.40. The van der Waals surface area contributed by atoms with Gasteiger partial charge in [-0.2, -0.15) is 0 Å². The molecule has 0 unspecified atom stereocenters. The summed E-state index contributed by atoms with van der Waals surface area (Å²) in [6.45, 7) is 3.21. The Bertz CT molecular complexity index is 376. The zero-order valence-electron chi connectivity index (χ0n) is 9.36. The summed E-state index contributed by atoms with van der Waals surface area (Å²) in [4.78, 5) is 19.6. The highest BCUT2D eigenvalue weighted by Crippen LogP contribution is 2.28. The molecule has 16 heavy (non-hydrogen) atoms. The Labute approximate surface area is 94.7 Å². The van der Waals surface area contributed by atoms with Gasteiger partial charge in [-0.1, -0.05) is 0 Å². The molecular formula is C11H16N4O. The molecule has 0 bridgehead atoms. The number of hydrogen-bond acceptors (Lipinski definition) is 4. The maximum absolute atomic E-state index is 11.3. The molecule has 0 saturated heterocycles. The molecule has 0 aliphatic heterocycles. The molecule has 1 amide bonds. The molecular weight excluding hydrogens is 204 g/mol. The van der Waals surface area contributed by atoms with Crippen LogP contribution in [-0.2, 0) is 4.79 Å². The smallest absolute Gasteiger partial charge is 0.223 e. The van der Waals surface area contributed by atoms with Crippen LogP contribution in [0.5, 0.6) is 0 Å². The van der Waals surface area contributed by atoms with Crippen molar-refractivity contribution in [2.45, 2.75) is 19.8 Å². The second kappa shape index (κ2) is 4.92. The highest BCUT2D eigenvalue weighted by molar-refractivity contribution is 5.80. The number of anilines is 1. The first-order valence-corrected chi connectivity index (χ1v) is 5.56. The predicted octanol–water partition coefficient (Wildman–Crippen LogP) is 0.723. The van der Waals surface area contributed by atoms with E-state index in [9.17, 15) is 4.79 Å². The summed E-state index contributed by atoms with van der Waals surface area (Å²) >= 11 is 0. The lowest BCUT2D eigenvalue weighted by Crippen LogP contribution is -2.30. The molecule has 2 rings (SSSR count). The van der Waals surface area contributed by atoms with Crippen molar-refractivity contribution in [2.75, 3.05) is 18.4 Å². The van der Waals surface area contributed by atoms with E-state index in [0.717, 1.165) is 24.4 Å². The number of nitrogens with one attached hydrogen (secondary N) is 2. The third-order valence-electron chi connectivity index (χ3n) is 2.55. The molecule has 1 aromatic rings. The molecule has 2 N–H and O–H groups in total. The number of carbonyl (C=O) groups excluding carboxylic acids is 1. The summed E-state index contributed by atoms with van der Waals surface area (Å²) in [6, 6.07) is 0. The van der Waals surface area contributed by atoms with Crippen LogP contribution < -0.4 is 10.6 Å². The van der Waals surface area contributed by atoms with Crippen molar-refractivity contribution in [2.24, 2.45) is 5.92 Å². The number of rotatable bonds is 5. The Morgan fingerprint density at radius 2 is 2.12 bits per heavy atom. The van der Waals surface area contributed by atoms with Crippen LogP contribution in [0, 0.1) is 12.8 Å². The standard InChI is InChI=1S/C11H16N4O/c1-8-10(13-5-4-12-8)14-6-7-15-11(16)9-2-3-9/h4-5,9H,2-3,6-7H2,1H3,(H,13,14)(H,15,16). The first kappa shape index (κ1) is 10.9. The molecule has 1 fully saturated rings. The molecule has 1 aromatic heterocycles. The van der Waals surface area contributed by atoms with Crippen molar-refractivity contribution in [1.82, 2.24) is 15.3 Å². The van der Waals surface area contributed by atoms with Crippen molar-refractivity contribution >= 4 is 11.7 Å². The zero-order chi connectivity index (χ0) is 11.4. The fraction of sp³-hybridized carbons (Fsp3) is 0.545. The van der Waals surface area contributed by atoms with Crippen molar-refractivity contribution in [3.05, 3.63) is 18.1 Å². The second-order valence-corrected chi connectivity index (χ2v) is 3.98. The molecule has 1 aliphatic rings. The van der Waals surface area contributed by atoms with Gasteiger partial charge in [-0.25, -0.2) is 4.98 Å². The van der Waals surface area contributed by atoms with Gasteiger partial charge in [0, 0.05) is 31.4 Å². The number of hydrogen-bond donors (Lipinski definition) is 2. The van der Waals surface area contributed by atoms with E-state index in [2.05, 4.69) is 20.6 Å². The number of aryl methyl sites for hydroxylation is 1. The van der Waals surface area contributed by atoms with Crippen LogP contribution in [0.3, 0.4) is 0 Å². The van der Waals surface area contributed by atoms with Crippen molar-refractivity contribution in [3.63, 3.8) is 0 Å². The van der Waals surface area contributed by atoms with E-state index in [1.54, 1.807) is 12.4 Å². The largest absolute Gasteiger partial charge is 0.367 e. The van der Waals surface area contributed by atoms with Crippen LogP contribution in [0.1, 0.15) is 18.5 Å². The van der Waals surface area contributed by atoms with Crippen molar-refractivity contribution in [3.8, 4) is 0 Å². The van der Waals surface area contributed by atoms with Crippen LogP contribution in [0.2, 0.25) is 0 Å². The first-order chi connectivity index (χ1) is 7.77. The van der Waals surface area contributed by atoms with Gasteiger partial charge in [0.15, 0.2) is 0 Å². The molecule has 0 spiro atoms. The minimum absolute atomic E-state index is 0.178. The molecule has 0 radical (unpaired) electrons. The van der Waals surface area contributed by atoms with Crippen LogP contribution in [0.15, 0.2) is 12.4 Å². The Morgan fingerprint density at radius 1 is 1.38 bits per heavy atom. The summed E-state index contributed by atoms with van der Waals surface area (Å²) < 4.78 is 0. The van der Waals surface area contributed by atoms with Crippen LogP contribution in [0.25, 0.3) is 0 Å². The van der Waals surface area contributed by atoms with Gasteiger partial charge >= 0.3 is 0 Å². The Hall–Kier alpha value is -1.65.